The molecule has 0 N–H and O–H groups in total. The lowest BCUT2D eigenvalue weighted by Crippen LogP contribution is -2.06. The van der Waals surface area contributed by atoms with Gasteiger partial charge in [0.1, 0.15) is 0 Å². The number of nitrogens with zero attached hydrogens (tertiary/aromatic N) is 6. The van der Waals surface area contributed by atoms with Gasteiger partial charge in [0.05, 0.1) is 39.6 Å². The van der Waals surface area contributed by atoms with Crippen LogP contribution in [0.25, 0.3) is 83.5 Å². The number of benzene rings is 6. The summed E-state index contributed by atoms with van der Waals surface area (Å²) in [6.07, 6.45) is 1.84. The quantitative estimate of drug-likeness (QED) is 0.202. The van der Waals surface area contributed by atoms with E-state index in [1.54, 1.807) is 0 Å². The van der Waals surface area contributed by atoms with Gasteiger partial charge in [-0.1, -0.05) is 103 Å². The van der Waals surface area contributed by atoms with Crippen LogP contribution < -0.4 is 0 Å². The molecule has 0 aliphatic rings. The van der Waals surface area contributed by atoms with E-state index in [2.05, 4.69) is 129 Å². The van der Waals surface area contributed by atoms with Crippen molar-refractivity contribution in [3.8, 4) is 28.6 Å². The summed E-state index contributed by atoms with van der Waals surface area (Å²) < 4.78 is 6.76. The van der Waals surface area contributed by atoms with Gasteiger partial charge in [0.25, 0.3) is 0 Å². The molecule has 0 fully saturated rings. The van der Waals surface area contributed by atoms with E-state index in [1.165, 1.54) is 27.1 Å². The van der Waals surface area contributed by atoms with Crippen molar-refractivity contribution in [2.75, 3.05) is 0 Å². The summed E-state index contributed by atoms with van der Waals surface area (Å²) in [6, 6.07) is 53.0. The van der Waals surface area contributed by atoms with Crippen LogP contribution in [0.1, 0.15) is 0 Å². The standard InChI is InChI=1S/C41H26N6/c1-4-14-27(15-5-1)34-26-42-40-39(43-34)44-41(46(40)29-18-8-3-9-19-29)47-36-23-13-11-21-31(36)33-24-32-30-20-10-12-22-35(30)45(37(32)25-38(33)47)28-16-6-2-7-17-28/h1-26H. The molecule has 6 aromatic carbocycles. The minimum atomic E-state index is 0.593. The maximum atomic E-state index is 5.27. The number of rotatable bonds is 4. The first-order chi connectivity index (χ1) is 23.3. The van der Waals surface area contributed by atoms with Crippen molar-refractivity contribution in [2.45, 2.75) is 0 Å². The molecule has 0 unspecified atom stereocenters. The minimum Gasteiger partial charge on any atom is -0.309 e. The van der Waals surface area contributed by atoms with Crippen LogP contribution in [-0.4, -0.2) is 28.7 Å². The molecular weight excluding hydrogens is 576 g/mol. The molecule has 6 nitrogen and oxygen atoms in total. The van der Waals surface area contributed by atoms with E-state index in [4.69, 9.17) is 15.0 Å². The summed E-state index contributed by atoms with van der Waals surface area (Å²) in [6.45, 7) is 0. The van der Waals surface area contributed by atoms with Crippen molar-refractivity contribution < 1.29 is 0 Å². The molecule has 0 atom stereocenters. The topological polar surface area (TPSA) is 53.5 Å². The molecule has 0 amide bonds. The monoisotopic (exact) mass is 602 g/mol. The number of hydrogen-bond donors (Lipinski definition) is 0. The molecule has 0 aliphatic heterocycles. The first kappa shape index (κ1) is 25.8. The normalized spacial score (nSPS) is 11.8. The predicted molar refractivity (Wildman–Crippen MR) is 191 cm³/mol. The van der Waals surface area contributed by atoms with E-state index >= 15 is 0 Å². The third-order valence-electron chi connectivity index (χ3n) is 9.12. The molecule has 0 saturated heterocycles. The Labute approximate surface area is 269 Å². The Bertz CT molecular complexity index is 2770. The maximum absolute atomic E-state index is 5.27. The number of para-hydroxylation sites is 4. The average molecular weight is 603 g/mol. The molecule has 0 radical (unpaired) electrons. The third kappa shape index (κ3) is 3.82. The van der Waals surface area contributed by atoms with E-state index in [0.717, 1.165) is 45.1 Å². The molecule has 220 valence electrons. The molecule has 4 aromatic heterocycles. The first-order valence-corrected chi connectivity index (χ1v) is 15.7. The lowest BCUT2D eigenvalue weighted by molar-refractivity contribution is 0.947. The highest BCUT2D eigenvalue weighted by atomic mass is 15.3. The highest BCUT2D eigenvalue weighted by molar-refractivity contribution is 6.19. The van der Waals surface area contributed by atoms with E-state index in [0.29, 0.717) is 11.3 Å². The van der Waals surface area contributed by atoms with Gasteiger partial charge >= 0.3 is 0 Å². The minimum absolute atomic E-state index is 0.593. The van der Waals surface area contributed by atoms with Gasteiger partial charge in [-0.2, -0.15) is 4.98 Å². The lowest BCUT2D eigenvalue weighted by atomic mass is 10.1. The zero-order valence-corrected chi connectivity index (χ0v) is 25.2. The molecular formula is C41H26N6. The molecule has 6 heteroatoms. The Kier molecular flexibility index (Phi) is 5.48. The van der Waals surface area contributed by atoms with E-state index in [9.17, 15) is 0 Å². The van der Waals surface area contributed by atoms with Gasteiger partial charge in [0.2, 0.25) is 5.95 Å². The maximum Gasteiger partial charge on any atom is 0.223 e. The van der Waals surface area contributed by atoms with E-state index in [-0.39, 0.29) is 0 Å². The molecule has 0 saturated carbocycles. The highest BCUT2D eigenvalue weighted by Crippen LogP contribution is 2.40. The lowest BCUT2D eigenvalue weighted by Gasteiger charge is -2.12. The fourth-order valence-corrected chi connectivity index (χ4v) is 7.06. The Morgan fingerprint density at radius 3 is 1.60 bits per heavy atom. The Morgan fingerprint density at radius 2 is 0.936 bits per heavy atom. The zero-order chi connectivity index (χ0) is 30.9. The van der Waals surface area contributed by atoms with Gasteiger partial charge in [-0.3, -0.25) is 9.13 Å². The molecule has 0 spiro atoms. The fraction of sp³-hybridized carbons (Fsp3) is 0. The van der Waals surface area contributed by atoms with Crippen molar-refractivity contribution in [3.05, 3.63) is 158 Å². The summed E-state index contributed by atoms with van der Waals surface area (Å²) in [5.41, 5.74) is 9.64. The second kappa shape index (κ2) is 9.99. The largest absolute Gasteiger partial charge is 0.309 e. The fourth-order valence-electron chi connectivity index (χ4n) is 7.06. The van der Waals surface area contributed by atoms with E-state index in [1.807, 2.05) is 42.6 Å². The van der Waals surface area contributed by atoms with Crippen molar-refractivity contribution in [1.82, 2.24) is 28.7 Å². The average Bonchev–Trinajstić information content (AvgIpc) is 3.78. The molecule has 4 heterocycles. The van der Waals surface area contributed by atoms with Gasteiger partial charge in [-0.25, -0.2) is 9.97 Å². The summed E-state index contributed by atoms with van der Waals surface area (Å²) in [4.78, 5) is 15.3. The first-order valence-electron chi connectivity index (χ1n) is 15.7. The Balaban J connectivity index is 1.34. The zero-order valence-electron chi connectivity index (χ0n) is 25.2. The summed E-state index contributed by atoms with van der Waals surface area (Å²) in [5.74, 6) is 0.740. The molecule has 10 rings (SSSR count). The predicted octanol–water partition coefficient (Wildman–Crippen LogP) is 9.68. The van der Waals surface area contributed by atoms with Crippen LogP contribution in [0, 0.1) is 0 Å². The van der Waals surface area contributed by atoms with Crippen LogP contribution in [0.5, 0.6) is 0 Å². The Morgan fingerprint density at radius 1 is 0.404 bits per heavy atom. The van der Waals surface area contributed by atoms with Crippen molar-refractivity contribution in [3.63, 3.8) is 0 Å². The van der Waals surface area contributed by atoms with Crippen molar-refractivity contribution >= 4 is 54.9 Å². The van der Waals surface area contributed by atoms with Gasteiger partial charge in [0.15, 0.2) is 11.3 Å². The number of hydrogen-bond acceptors (Lipinski definition) is 3. The van der Waals surface area contributed by atoms with Crippen molar-refractivity contribution in [1.29, 1.82) is 0 Å². The van der Waals surface area contributed by atoms with Crippen LogP contribution in [0.3, 0.4) is 0 Å². The molecule has 0 aliphatic carbocycles. The van der Waals surface area contributed by atoms with Gasteiger partial charge in [-0.15, -0.1) is 0 Å². The SMILES string of the molecule is c1ccc(-c2cnc3c(n2)nc(-n2c4ccccc4c4cc5c6ccccc6n(-c6ccccc6)c5cc42)n3-c2ccccc2)cc1. The second-order valence-electron chi connectivity index (χ2n) is 11.8. The summed E-state index contributed by atoms with van der Waals surface area (Å²) in [7, 11) is 0. The van der Waals surface area contributed by atoms with E-state index < -0.39 is 0 Å². The molecule has 10 aromatic rings. The van der Waals surface area contributed by atoms with Crippen LogP contribution in [-0.2, 0) is 0 Å². The van der Waals surface area contributed by atoms with Crippen molar-refractivity contribution in [2.24, 2.45) is 0 Å². The summed E-state index contributed by atoms with van der Waals surface area (Å²) >= 11 is 0. The number of fused-ring (bicyclic) bond motifs is 7. The molecule has 0 bridgehead atoms. The second-order valence-corrected chi connectivity index (χ2v) is 11.8. The number of imidazole rings is 1. The molecule has 47 heavy (non-hydrogen) atoms. The Hall–Kier alpha value is -6.53. The highest BCUT2D eigenvalue weighted by Gasteiger charge is 2.23. The van der Waals surface area contributed by atoms with Crippen LogP contribution in [0.15, 0.2) is 158 Å². The smallest absolute Gasteiger partial charge is 0.223 e. The van der Waals surface area contributed by atoms with Crippen LogP contribution >= 0.6 is 0 Å². The van der Waals surface area contributed by atoms with Gasteiger partial charge in [0, 0.05) is 32.8 Å². The van der Waals surface area contributed by atoms with Gasteiger partial charge in [-0.05, 0) is 48.5 Å². The van der Waals surface area contributed by atoms with Crippen LogP contribution in [0.4, 0.5) is 0 Å². The number of aromatic nitrogens is 6. The van der Waals surface area contributed by atoms with Gasteiger partial charge < -0.3 is 4.57 Å². The summed E-state index contributed by atoms with van der Waals surface area (Å²) in [5, 5.41) is 4.77. The third-order valence-corrected chi connectivity index (χ3v) is 9.12. The van der Waals surface area contributed by atoms with Crippen LogP contribution in [0.2, 0.25) is 0 Å².